The zero-order valence-corrected chi connectivity index (χ0v) is 13.1. The molecule has 1 amide bonds. The first-order valence-corrected chi connectivity index (χ1v) is 7.96. The van der Waals surface area contributed by atoms with E-state index in [0.717, 1.165) is 23.9 Å². The molecule has 1 fully saturated rings. The van der Waals surface area contributed by atoms with E-state index >= 15 is 0 Å². The average Bonchev–Trinajstić information content (AvgIpc) is 3.32. The van der Waals surface area contributed by atoms with Crippen molar-refractivity contribution in [2.24, 2.45) is 5.92 Å². The lowest BCUT2D eigenvalue weighted by Gasteiger charge is -2.19. The molecule has 6 heteroatoms. The third kappa shape index (κ3) is 2.80. The van der Waals surface area contributed by atoms with E-state index in [1.807, 2.05) is 28.9 Å². The maximum Gasteiger partial charge on any atom is 0.252 e. The van der Waals surface area contributed by atoms with Gasteiger partial charge in [0.1, 0.15) is 11.7 Å². The lowest BCUT2D eigenvalue weighted by molar-refractivity contribution is 0.0907. The SMILES string of the molecule is O=C(NC(C1CC1)n1nnc2ccccc21)c1ccc(Cl)cc1. The summed E-state index contributed by atoms with van der Waals surface area (Å²) in [4.78, 5) is 12.5. The van der Waals surface area contributed by atoms with Crippen molar-refractivity contribution in [1.82, 2.24) is 20.3 Å². The Bertz CT molecular complexity index is 854. The smallest absolute Gasteiger partial charge is 0.252 e. The largest absolute Gasteiger partial charge is 0.330 e. The monoisotopic (exact) mass is 326 g/mol. The molecule has 1 aliphatic carbocycles. The Morgan fingerprint density at radius 3 is 2.65 bits per heavy atom. The number of fused-ring (bicyclic) bond motifs is 1. The highest BCUT2D eigenvalue weighted by molar-refractivity contribution is 6.30. The number of para-hydroxylation sites is 1. The minimum Gasteiger partial charge on any atom is -0.330 e. The summed E-state index contributed by atoms with van der Waals surface area (Å²) in [5, 5.41) is 12.1. The summed E-state index contributed by atoms with van der Waals surface area (Å²) in [7, 11) is 0. The van der Waals surface area contributed by atoms with E-state index in [9.17, 15) is 4.79 Å². The van der Waals surface area contributed by atoms with Gasteiger partial charge in [0.15, 0.2) is 0 Å². The van der Waals surface area contributed by atoms with Crippen LogP contribution in [0.3, 0.4) is 0 Å². The molecule has 1 N–H and O–H groups in total. The van der Waals surface area contributed by atoms with Crippen LogP contribution in [0.15, 0.2) is 48.5 Å². The molecule has 1 saturated carbocycles. The number of hydrogen-bond donors (Lipinski definition) is 1. The first-order valence-electron chi connectivity index (χ1n) is 7.59. The standard InChI is InChI=1S/C17H15ClN4O/c18-13-9-7-12(8-10-13)17(23)19-16(11-5-6-11)22-15-4-2-1-3-14(15)20-21-22/h1-4,7-11,16H,5-6H2,(H,19,23). The molecule has 5 nitrogen and oxygen atoms in total. The van der Waals surface area contributed by atoms with Crippen molar-refractivity contribution in [3.05, 3.63) is 59.1 Å². The lowest BCUT2D eigenvalue weighted by atomic mass is 10.2. The molecule has 4 rings (SSSR count). The van der Waals surface area contributed by atoms with Crippen LogP contribution in [0.1, 0.15) is 29.4 Å². The van der Waals surface area contributed by atoms with Crippen LogP contribution in [0.2, 0.25) is 5.02 Å². The van der Waals surface area contributed by atoms with E-state index in [0.29, 0.717) is 16.5 Å². The van der Waals surface area contributed by atoms with Gasteiger partial charge in [-0.2, -0.15) is 0 Å². The highest BCUT2D eigenvalue weighted by Crippen LogP contribution is 2.39. The number of benzene rings is 2. The first kappa shape index (κ1) is 14.2. The topological polar surface area (TPSA) is 59.8 Å². The molecule has 0 bridgehead atoms. The van der Waals surface area contributed by atoms with Gasteiger partial charge in [0.2, 0.25) is 0 Å². The Morgan fingerprint density at radius 1 is 1.17 bits per heavy atom. The summed E-state index contributed by atoms with van der Waals surface area (Å²) in [6, 6.07) is 14.7. The molecule has 0 radical (unpaired) electrons. The van der Waals surface area contributed by atoms with E-state index < -0.39 is 0 Å². The van der Waals surface area contributed by atoms with Crippen LogP contribution in [-0.2, 0) is 0 Å². The van der Waals surface area contributed by atoms with Gasteiger partial charge in [-0.3, -0.25) is 4.79 Å². The Hall–Kier alpha value is -2.40. The van der Waals surface area contributed by atoms with Crippen molar-refractivity contribution in [2.75, 3.05) is 0 Å². The van der Waals surface area contributed by atoms with Crippen molar-refractivity contribution in [2.45, 2.75) is 19.0 Å². The molecule has 1 atom stereocenters. The Balaban J connectivity index is 1.64. The predicted octanol–water partition coefficient (Wildman–Crippen LogP) is 3.42. The van der Waals surface area contributed by atoms with Crippen LogP contribution in [0.25, 0.3) is 11.0 Å². The number of hydrogen-bond acceptors (Lipinski definition) is 3. The molecule has 23 heavy (non-hydrogen) atoms. The van der Waals surface area contributed by atoms with Gasteiger partial charge in [-0.15, -0.1) is 5.10 Å². The number of amides is 1. The third-order valence-electron chi connectivity index (χ3n) is 4.09. The second-order valence-electron chi connectivity index (χ2n) is 5.79. The van der Waals surface area contributed by atoms with Crippen molar-refractivity contribution >= 4 is 28.5 Å². The van der Waals surface area contributed by atoms with E-state index in [2.05, 4.69) is 15.6 Å². The van der Waals surface area contributed by atoms with Crippen molar-refractivity contribution in [3.63, 3.8) is 0 Å². The van der Waals surface area contributed by atoms with Gasteiger partial charge in [-0.1, -0.05) is 28.9 Å². The minimum absolute atomic E-state index is 0.127. The molecule has 1 unspecified atom stereocenters. The quantitative estimate of drug-likeness (QED) is 0.799. The highest BCUT2D eigenvalue weighted by Gasteiger charge is 2.35. The lowest BCUT2D eigenvalue weighted by Crippen LogP contribution is -2.34. The summed E-state index contributed by atoms with van der Waals surface area (Å²) in [5.74, 6) is 0.273. The molecular weight excluding hydrogens is 312 g/mol. The Kier molecular flexibility index (Phi) is 3.50. The number of nitrogens with zero attached hydrogens (tertiary/aromatic N) is 3. The number of halogens is 1. The summed E-state index contributed by atoms with van der Waals surface area (Å²) in [5.41, 5.74) is 2.35. The first-order chi connectivity index (χ1) is 11.2. The third-order valence-corrected chi connectivity index (χ3v) is 4.35. The van der Waals surface area contributed by atoms with Crippen molar-refractivity contribution in [1.29, 1.82) is 0 Å². The van der Waals surface area contributed by atoms with Crippen LogP contribution in [0.4, 0.5) is 0 Å². The summed E-state index contributed by atoms with van der Waals surface area (Å²) >= 11 is 5.88. The van der Waals surface area contributed by atoms with E-state index in [1.54, 1.807) is 24.3 Å². The van der Waals surface area contributed by atoms with Crippen LogP contribution in [0.5, 0.6) is 0 Å². The molecule has 1 aliphatic rings. The number of rotatable bonds is 4. The molecule has 0 spiro atoms. The number of carbonyl (C=O) groups is 1. The average molecular weight is 327 g/mol. The maximum absolute atomic E-state index is 12.5. The van der Waals surface area contributed by atoms with Gasteiger partial charge in [-0.25, -0.2) is 4.68 Å². The van der Waals surface area contributed by atoms with Gasteiger partial charge >= 0.3 is 0 Å². The molecule has 0 saturated heterocycles. The maximum atomic E-state index is 12.5. The number of nitrogens with one attached hydrogen (secondary N) is 1. The van der Waals surface area contributed by atoms with Crippen LogP contribution in [0, 0.1) is 5.92 Å². The number of carbonyl (C=O) groups excluding carboxylic acids is 1. The Morgan fingerprint density at radius 2 is 1.91 bits per heavy atom. The molecular formula is C17H15ClN4O. The molecule has 116 valence electrons. The Labute approximate surface area is 138 Å². The molecule has 1 aromatic heterocycles. The fraction of sp³-hybridized carbons (Fsp3) is 0.235. The zero-order chi connectivity index (χ0) is 15.8. The fourth-order valence-electron chi connectivity index (χ4n) is 2.70. The van der Waals surface area contributed by atoms with E-state index in [-0.39, 0.29) is 12.1 Å². The van der Waals surface area contributed by atoms with Gasteiger partial charge in [-0.05, 0) is 55.2 Å². The summed E-state index contributed by atoms with van der Waals surface area (Å²) in [6.45, 7) is 0. The molecule has 3 aromatic rings. The predicted molar refractivity (Wildman–Crippen MR) is 88.2 cm³/mol. The van der Waals surface area contributed by atoms with Crippen LogP contribution in [-0.4, -0.2) is 20.9 Å². The highest BCUT2D eigenvalue weighted by atomic mass is 35.5. The van der Waals surface area contributed by atoms with Gasteiger partial charge in [0.25, 0.3) is 5.91 Å². The zero-order valence-electron chi connectivity index (χ0n) is 12.3. The van der Waals surface area contributed by atoms with Gasteiger partial charge < -0.3 is 5.32 Å². The van der Waals surface area contributed by atoms with E-state index in [4.69, 9.17) is 11.6 Å². The van der Waals surface area contributed by atoms with Gasteiger partial charge in [0.05, 0.1) is 5.52 Å². The van der Waals surface area contributed by atoms with Crippen LogP contribution >= 0.6 is 11.6 Å². The van der Waals surface area contributed by atoms with Crippen LogP contribution < -0.4 is 5.32 Å². The number of aromatic nitrogens is 3. The molecule has 1 heterocycles. The van der Waals surface area contributed by atoms with Crippen molar-refractivity contribution in [3.8, 4) is 0 Å². The second kappa shape index (κ2) is 5.66. The van der Waals surface area contributed by atoms with Crippen molar-refractivity contribution < 1.29 is 4.79 Å². The molecule has 0 aliphatic heterocycles. The fourth-order valence-corrected chi connectivity index (χ4v) is 2.83. The van der Waals surface area contributed by atoms with Gasteiger partial charge in [0, 0.05) is 10.6 Å². The summed E-state index contributed by atoms with van der Waals surface area (Å²) in [6.07, 6.45) is 1.99. The molecule has 2 aromatic carbocycles. The normalized spacial score (nSPS) is 15.5. The second-order valence-corrected chi connectivity index (χ2v) is 6.22. The minimum atomic E-state index is -0.175. The van der Waals surface area contributed by atoms with E-state index in [1.165, 1.54) is 0 Å². The summed E-state index contributed by atoms with van der Waals surface area (Å²) < 4.78 is 1.82.